The number of nitrogens with one attached hydrogen (secondary N) is 1. The predicted molar refractivity (Wildman–Crippen MR) is 129 cm³/mol. The minimum atomic E-state index is -0.708. The molecule has 1 atom stereocenters. The molecule has 4 nitrogen and oxygen atoms in total. The van der Waals surface area contributed by atoms with Gasteiger partial charge in [0.15, 0.2) is 0 Å². The summed E-state index contributed by atoms with van der Waals surface area (Å²) in [5.74, 6) is -0.711. The Hall–Kier alpha value is -3.73. The molecule has 0 radical (unpaired) electrons. The Bertz CT molecular complexity index is 1040. The average Bonchev–Trinajstić information content (AvgIpc) is 2.85. The Labute approximate surface area is 194 Å². The SMILES string of the molecule is C=CCNC(=O)[C@@H](Cc1ccccc1)N(Cc1ccc(F)cc1)C(=O)CCc1ccccc1. The van der Waals surface area contributed by atoms with Crippen molar-refractivity contribution in [2.45, 2.75) is 31.8 Å². The van der Waals surface area contributed by atoms with Crippen molar-refractivity contribution >= 4 is 11.8 Å². The highest BCUT2D eigenvalue weighted by Crippen LogP contribution is 2.17. The molecular formula is C28H29FN2O2. The maximum atomic E-state index is 13.5. The van der Waals surface area contributed by atoms with Gasteiger partial charge in [-0.3, -0.25) is 9.59 Å². The van der Waals surface area contributed by atoms with Crippen molar-refractivity contribution < 1.29 is 14.0 Å². The molecule has 0 saturated carbocycles. The Morgan fingerprint density at radius 2 is 1.48 bits per heavy atom. The van der Waals surface area contributed by atoms with Gasteiger partial charge in [0.05, 0.1) is 0 Å². The fourth-order valence-electron chi connectivity index (χ4n) is 3.67. The van der Waals surface area contributed by atoms with Crippen LogP contribution in [0.15, 0.2) is 97.6 Å². The lowest BCUT2D eigenvalue weighted by Gasteiger charge is -2.31. The number of halogens is 1. The molecule has 3 rings (SSSR count). The molecule has 0 aliphatic carbocycles. The number of carbonyl (C=O) groups is 2. The minimum Gasteiger partial charge on any atom is -0.351 e. The molecule has 3 aromatic carbocycles. The number of nitrogens with zero attached hydrogens (tertiary/aromatic N) is 1. The highest BCUT2D eigenvalue weighted by molar-refractivity contribution is 5.88. The second-order valence-electron chi connectivity index (χ2n) is 7.87. The third kappa shape index (κ3) is 7.42. The molecule has 170 valence electrons. The van der Waals surface area contributed by atoms with Gasteiger partial charge in [-0.15, -0.1) is 6.58 Å². The van der Waals surface area contributed by atoms with Gasteiger partial charge < -0.3 is 10.2 Å². The summed E-state index contributed by atoms with van der Waals surface area (Å²) in [4.78, 5) is 28.2. The number of rotatable bonds is 11. The molecule has 5 heteroatoms. The molecule has 33 heavy (non-hydrogen) atoms. The zero-order valence-corrected chi connectivity index (χ0v) is 18.6. The Morgan fingerprint density at radius 1 is 0.879 bits per heavy atom. The normalized spacial score (nSPS) is 11.4. The monoisotopic (exact) mass is 444 g/mol. The molecule has 0 heterocycles. The van der Waals surface area contributed by atoms with Gasteiger partial charge >= 0.3 is 0 Å². The average molecular weight is 445 g/mol. The summed E-state index contributed by atoms with van der Waals surface area (Å²) in [7, 11) is 0. The minimum absolute atomic E-state index is 0.127. The highest BCUT2D eigenvalue weighted by Gasteiger charge is 2.30. The van der Waals surface area contributed by atoms with E-state index in [-0.39, 0.29) is 30.6 Å². The van der Waals surface area contributed by atoms with Crippen LogP contribution in [0.2, 0.25) is 0 Å². The first kappa shape index (κ1) is 23.9. The molecule has 0 unspecified atom stereocenters. The molecule has 0 bridgehead atoms. The van der Waals surface area contributed by atoms with Gasteiger partial charge in [-0.25, -0.2) is 4.39 Å². The summed E-state index contributed by atoms with van der Waals surface area (Å²) < 4.78 is 13.5. The van der Waals surface area contributed by atoms with E-state index in [1.54, 1.807) is 23.1 Å². The molecular weight excluding hydrogens is 415 g/mol. The zero-order chi connectivity index (χ0) is 23.5. The van der Waals surface area contributed by atoms with E-state index in [0.717, 1.165) is 16.7 Å². The maximum Gasteiger partial charge on any atom is 0.243 e. The van der Waals surface area contributed by atoms with Gasteiger partial charge in [0, 0.05) is 25.9 Å². The number of hydrogen-bond donors (Lipinski definition) is 1. The van der Waals surface area contributed by atoms with E-state index in [1.807, 2.05) is 60.7 Å². The molecule has 1 N–H and O–H groups in total. The van der Waals surface area contributed by atoms with Gasteiger partial charge in [-0.05, 0) is 35.2 Å². The van der Waals surface area contributed by atoms with Crippen LogP contribution in [0.4, 0.5) is 4.39 Å². The van der Waals surface area contributed by atoms with Crippen LogP contribution in [0.5, 0.6) is 0 Å². The summed E-state index contributed by atoms with van der Waals surface area (Å²) in [5, 5.41) is 2.85. The van der Waals surface area contributed by atoms with Crippen LogP contribution in [0.1, 0.15) is 23.1 Å². The third-order valence-electron chi connectivity index (χ3n) is 5.43. The second-order valence-corrected chi connectivity index (χ2v) is 7.87. The van der Waals surface area contributed by atoms with Crippen molar-refractivity contribution in [3.05, 3.63) is 120 Å². The lowest BCUT2D eigenvalue weighted by atomic mass is 10.0. The van der Waals surface area contributed by atoms with Crippen LogP contribution in [0.3, 0.4) is 0 Å². The molecule has 0 aliphatic heterocycles. The molecule has 3 aromatic rings. The van der Waals surface area contributed by atoms with E-state index in [4.69, 9.17) is 0 Å². The topological polar surface area (TPSA) is 49.4 Å². The number of aryl methyl sites for hydroxylation is 1. The quantitative estimate of drug-likeness (QED) is 0.436. The Kier molecular flexibility index (Phi) is 8.95. The van der Waals surface area contributed by atoms with Gasteiger partial charge in [-0.1, -0.05) is 78.9 Å². The second kappa shape index (κ2) is 12.3. The summed E-state index contributed by atoms with van der Waals surface area (Å²) in [6, 6.07) is 24.7. The van der Waals surface area contributed by atoms with Crippen molar-refractivity contribution in [3.63, 3.8) is 0 Å². The Morgan fingerprint density at radius 3 is 2.09 bits per heavy atom. The molecule has 0 aromatic heterocycles. The van der Waals surface area contributed by atoms with E-state index in [0.29, 0.717) is 19.4 Å². The number of carbonyl (C=O) groups excluding carboxylic acids is 2. The maximum absolute atomic E-state index is 13.5. The van der Waals surface area contributed by atoms with E-state index in [1.165, 1.54) is 12.1 Å². The van der Waals surface area contributed by atoms with Gasteiger partial charge in [-0.2, -0.15) is 0 Å². The first-order valence-corrected chi connectivity index (χ1v) is 11.1. The van der Waals surface area contributed by atoms with Crippen molar-refractivity contribution in [1.82, 2.24) is 10.2 Å². The van der Waals surface area contributed by atoms with Crippen LogP contribution >= 0.6 is 0 Å². The number of amides is 2. The molecule has 0 aliphatic rings. The van der Waals surface area contributed by atoms with E-state index >= 15 is 0 Å². The summed E-state index contributed by atoms with van der Waals surface area (Å²) in [5.41, 5.74) is 2.78. The highest BCUT2D eigenvalue weighted by atomic mass is 19.1. The predicted octanol–water partition coefficient (Wildman–Crippen LogP) is 4.70. The zero-order valence-electron chi connectivity index (χ0n) is 18.6. The van der Waals surface area contributed by atoms with E-state index < -0.39 is 6.04 Å². The number of benzene rings is 3. The lowest BCUT2D eigenvalue weighted by Crippen LogP contribution is -2.50. The smallest absolute Gasteiger partial charge is 0.243 e. The summed E-state index contributed by atoms with van der Waals surface area (Å²) >= 11 is 0. The van der Waals surface area contributed by atoms with Crippen LogP contribution in [-0.2, 0) is 29.0 Å². The summed E-state index contributed by atoms with van der Waals surface area (Å²) in [6.45, 7) is 4.19. The Balaban J connectivity index is 1.88. The van der Waals surface area contributed by atoms with Gasteiger partial charge in [0.25, 0.3) is 0 Å². The van der Waals surface area contributed by atoms with E-state index in [9.17, 15) is 14.0 Å². The van der Waals surface area contributed by atoms with Crippen molar-refractivity contribution in [2.24, 2.45) is 0 Å². The fraction of sp³-hybridized carbons (Fsp3) is 0.214. The van der Waals surface area contributed by atoms with Crippen LogP contribution < -0.4 is 5.32 Å². The van der Waals surface area contributed by atoms with Crippen molar-refractivity contribution in [2.75, 3.05) is 6.54 Å². The molecule has 0 spiro atoms. The lowest BCUT2D eigenvalue weighted by molar-refractivity contribution is -0.141. The van der Waals surface area contributed by atoms with Gasteiger partial charge in [0.1, 0.15) is 11.9 Å². The molecule has 2 amide bonds. The standard InChI is InChI=1S/C28H29FN2O2/c1-2-19-30-28(33)26(20-23-11-7-4-8-12-23)31(21-24-13-16-25(29)17-14-24)27(32)18-15-22-9-5-3-6-10-22/h2-14,16-17,26H,1,15,18-21H2,(H,30,33)/t26-/m1/s1. The number of hydrogen-bond acceptors (Lipinski definition) is 2. The molecule has 0 saturated heterocycles. The van der Waals surface area contributed by atoms with E-state index in [2.05, 4.69) is 11.9 Å². The molecule has 0 fully saturated rings. The summed E-state index contributed by atoms with van der Waals surface area (Å²) in [6.07, 6.45) is 2.83. The van der Waals surface area contributed by atoms with Crippen LogP contribution in [-0.4, -0.2) is 29.3 Å². The first-order valence-electron chi connectivity index (χ1n) is 11.1. The van der Waals surface area contributed by atoms with Crippen LogP contribution in [0.25, 0.3) is 0 Å². The third-order valence-corrected chi connectivity index (χ3v) is 5.43. The van der Waals surface area contributed by atoms with Crippen LogP contribution in [0, 0.1) is 5.82 Å². The largest absolute Gasteiger partial charge is 0.351 e. The van der Waals surface area contributed by atoms with Gasteiger partial charge in [0.2, 0.25) is 11.8 Å². The van der Waals surface area contributed by atoms with Crippen molar-refractivity contribution in [1.29, 1.82) is 0 Å². The van der Waals surface area contributed by atoms with Crippen molar-refractivity contribution in [3.8, 4) is 0 Å². The first-order chi connectivity index (χ1) is 16.1. The fourth-order valence-corrected chi connectivity index (χ4v) is 3.67.